The maximum Gasteiger partial charge on any atom is 0.269 e. The van der Waals surface area contributed by atoms with Crippen molar-refractivity contribution in [2.45, 2.75) is 63.9 Å². The topological polar surface area (TPSA) is 68.3 Å². The molecule has 0 saturated carbocycles. The van der Waals surface area contributed by atoms with Crippen molar-refractivity contribution >= 4 is 11.7 Å². The molecule has 0 aliphatic carbocycles. The van der Waals surface area contributed by atoms with Gasteiger partial charge in [0, 0.05) is 37.3 Å². The average molecular weight is 409 g/mol. The van der Waals surface area contributed by atoms with Crippen LogP contribution in [0.3, 0.4) is 0 Å². The number of carbonyl (C=O) groups excluding carboxylic acids is 2. The first-order valence-corrected chi connectivity index (χ1v) is 11.0. The van der Waals surface area contributed by atoms with Crippen molar-refractivity contribution in [3.8, 4) is 0 Å². The van der Waals surface area contributed by atoms with Gasteiger partial charge in [0.2, 0.25) is 0 Å². The summed E-state index contributed by atoms with van der Waals surface area (Å²) in [7, 11) is 1.58. The average Bonchev–Trinajstić information content (AvgIpc) is 2.81. The molecule has 1 aliphatic rings. The summed E-state index contributed by atoms with van der Waals surface area (Å²) in [6.07, 6.45) is 7.20. The van der Waals surface area contributed by atoms with Gasteiger partial charge in [-0.1, -0.05) is 43.7 Å². The zero-order valence-corrected chi connectivity index (χ0v) is 18.0. The van der Waals surface area contributed by atoms with Crippen molar-refractivity contribution in [2.75, 3.05) is 13.7 Å². The van der Waals surface area contributed by atoms with Crippen LogP contribution in [0.1, 0.15) is 89.9 Å². The lowest BCUT2D eigenvalue weighted by Crippen LogP contribution is -2.21. The Balaban J connectivity index is 1.69. The Kier molecular flexibility index (Phi) is 8.14. The number of amides is 1. The lowest BCUT2D eigenvalue weighted by Gasteiger charge is -2.22. The van der Waals surface area contributed by atoms with Crippen molar-refractivity contribution < 1.29 is 14.3 Å². The summed E-state index contributed by atoms with van der Waals surface area (Å²) >= 11 is 0. The van der Waals surface area contributed by atoms with Gasteiger partial charge in [0.25, 0.3) is 5.91 Å². The van der Waals surface area contributed by atoms with E-state index in [0.29, 0.717) is 18.1 Å². The molecule has 1 aromatic carbocycles. The summed E-state index contributed by atoms with van der Waals surface area (Å²) in [5.41, 5.74) is 2.69. The predicted molar refractivity (Wildman–Crippen MR) is 118 cm³/mol. The van der Waals surface area contributed by atoms with E-state index in [-0.39, 0.29) is 23.3 Å². The molecule has 1 amide bonds. The largest absolute Gasteiger partial charge is 0.378 e. The molecule has 1 fully saturated rings. The molecule has 5 nitrogen and oxygen atoms in total. The van der Waals surface area contributed by atoms with Crippen molar-refractivity contribution in [2.24, 2.45) is 0 Å². The van der Waals surface area contributed by atoms with Gasteiger partial charge in [-0.05, 0) is 49.8 Å². The molecular weight excluding hydrogens is 376 g/mol. The molecule has 5 heteroatoms. The van der Waals surface area contributed by atoms with Gasteiger partial charge in [0.1, 0.15) is 5.69 Å². The number of ketones is 1. The van der Waals surface area contributed by atoms with E-state index in [0.717, 1.165) is 50.0 Å². The molecule has 1 aromatic heterocycles. The molecule has 0 bridgehead atoms. The molecular formula is C25H32N2O3. The Hall–Kier alpha value is -2.53. The Morgan fingerprint density at radius 2 is 1.97 bits per heavy atom. The van der Waals surface area contributed by atoms with Gasteiger partial charge in [-0.15, -0.1) is 0 Å². The van der Waals surface area contributed by atoms with Crippen molar-refractivity contribution in [3.63, 3.8) is 0 Å². The Bertz CT molecular complexity index is 845. The van der Waals surface area contributed by atoms with E-state index in [1.54, 1.807) is 13.1 Å². The lowest BCUT2D eigenvalue weighted by atomic mass is 9.94. The van der Waals surface area contributed by atoms with Gasteiger partial charge in [0.05, 0.1) is 6.10 Å². The maximum absolute atomic E-state index is 12.9. The number of benzene rings is 1. The van der Waals surface area contributed by atoms with Crippen LogP contribution in [0, 0.1) is 0 Å². The number of unbranched alkanes of at least 4 members (excludes halogenated alkanes) is 1. The zero-order valence-electron chi connectivity index (χ0n) is 18.0. The third-order valence-corrected chi connectivity index (χ3v) is 5.82. The second-order valence-electron chi connectivity index (χ2n) is 8.03. The SMILES string of the molecule is CNC(=O)c1cc(C(=O)CCCC[C@H]2CCCCO2)cc([C@H](C)c2ccccc2)n1. The summed E-state index contributed by atoms with van der Waals surface area (Å²) in [5.74, 6) is -0.222. The van der Waals surface area contributed by atoms with Crippen LogP contribution in [0.25, 0.3) is 0 Å². The fourth-order valence-electron chi connectivity index (χ4n) is 3.93. The summed E-state index contributed by atoms with van der Waals surface area (Å²) in [4.78, 5) is 29.7. The molecule has 2 heterocycles. The molecule has 0 radical (unpaired) electrons. The van der Waals surface area contributed by atoms with E-state index in [1.165, 1.54) is 6.42 Å². The molecule has 3 rings (SSSR count). The number of nitrogens with zero attached hydrogens (tertiary/aromatic N) is 1. The highest BCUT2D eigenvalue weighted by molar-refractivity contribution is 5.99. The van der Waals surface area contributed by atoms with Crippen LogP contribution in [0.2, 0.25) is 0 Å². The molecule has 30 heavy (non-hydrogen) atoms. The van der Waals surface area contributed by atoms with Crippen molar-refractivity contribution in [1.82, 2.24) is 10.3 Å². The minimum atomic E-state index is -0.277. The molecule has 2 aromatic rings. The summed E-state index contributed by atoms with van der Waals surface area (Å²) in [5, 5.41) is 2.62. The molecule has 0 unspecified atom stereocenters. The molecule has 0 spiro atoms. The Morgan fingerprint density at radius 3 is 2.67 bits per heavy atom. The van der Waals surface area contributed by atoms with Crippen LogP contribution >= 0.6 is 0 Å². The first-order chi connectivity index (χ1) is 14.6. The third-order valence-electron chi connectivity index (χ3n) is 5.82. The standard InChI is InChI=1S/C25H32N2O3/c1-18(19-10-4-3-5-11-19)22-16-20(17-23(27-22)25(29)26-2)24(28)14-7-6-12-21-13-8-9-15-30-21/h3-5,10-11,16-18,21H,6-9,12-15H2,1-2H3,(H,26,29)/t18-,21+/m1/s1. The lowest BCUT2D eigenvalue weighted by molar-refractivity contribution is 0.00979. The number of hydrogen-bond acceptors (Lipinski definition) is 4. The highest BCUT2D eigenvalue weighted by atomic mass is 16.5. The van der Waals surface area contributed by atoms with Gasteiger partial charge in [-0.2, -0.15) is 0 Å². The van der Waals surface area contributed by atoms with Crippen LogP contribution in [-0.4, -0.2) is 36.4 Å². The fraction of sp³-hybridized carbons (Fsp3) is 0.480. The number of pyridine rings is 1. The van der Waals surface area contributed by atoms with Gasteiger partial charge in [-0.25, -0.2) is 4.98 Å². The summed E-state index contributed by atoms with van der Waals surface area (Å²) < 4.78 is 5.77. The van der Waals surface area contributed by atoms with E-state index < -0.39 is 0 Å². The normalized spacial score (nSPS) is 17.3. The van der Waals surface area contributed by atoms with Crippen LogP contribution in [0.5, 0.6) is 0 Å². The second-order valence-corrected chi connectivity index (χ2v) is 8.03. The molecule has 2 atom stereocenters. The van der Waals surface area contributed by atoms with Crippen LogP contribution in [-0.2, 0) is 4.74 Å². The fourth-order valence-corrected chi connectivity index (χ4v) is 3.93. The van der Waals surface area contributed by atoms with Crippen molar-refractivity contribution in [3.05, 3.63) is 65.0 Å². The van der Waals surface area contributed by atoms with Gasteiger partial charge < -0.3 is 10.1 Å². The third kappa shape index (κ3) is 5.99. The van der Waals surface area contributed by atoms with E-state index in [1.807, 2.05) is 43.3 Å². The van der Waals surface area contributed by atoms with Gasteiger partial charge in [0.15, 0.2) is 5.78 Å². The first kappa shape index (κ1) is 22.2. The monoisotopic (exact) mass is 408 g/mol. The van der Waals surface area contributed by atoms with Crippen molar-refractivity contribution in [1.29, 1.82) is 0 Å². The first-order valence-electron chi connectivity index (χ1n) is 11.0. The van der Waals surface area contributed by atoms with E-state index in [9.17, 15) is 9.59 Å². The highest BCUT2D eigenvalue weighted by Crippen LogP contribution is 2.25. The van der Waals surface area contributed by atoms with E-state index in [4.69, 9.17) is 4.74 Å². The number of carbonyl (C=O) groups is 2. The molecule has 1 N–H and O–H groups in total. The number of ether oxygens (including phenoxy) is 1. The molecule has 160 valence electrons. The minimum Gasteiger partial charge on any atom is -0.378 e. The summed E-state index contributed by atoms with van der Waals surface area (Å²) in [6.45, 7) is 2.91. The Labute approximate surface area is 179 Å². The number of Topliss-reactive ketones (excluding diaryl/α,β-unsaturated/α-hetero) is 1. The number of rotatable bonds is 9. The molecule has 1 aliphatic heterocycles. The second kappa shape index (κ2) is 11.0. The predicted octanol–water partition coefficient (Wildman–Crippen LogP) is 4.91. The zero-order chi connectivity index (χ0) is 21.3. The van der Waals surface area contributed by atoms with Gasteiger partial charge in [-0.3, -0.25) is 9.59 Å². The number of nitrogens with one attached hydrogen (secondary N) is 1. The summed E-state index contributed by atoms with van der Waals surface area (Å²) in [6, 6.07) is 13.5. The van der Waals surface area contributed by atoms with Crippen LogP contribution in [0.15, 0.2) is 42.5 Å². The molecule has 1 saturated heterocycles. The number of hydrogen-bond donors (Lipinski definition) is 1. The minimum absolute atomic E-state index is 0.00851. The smallest absolute Gasteiger partial charge is 0.269 e. The quantitative estimate of drug-likeness (QED) is 0.473. The maximum atomic E-state index is 12.9. The van der Waals surface area contributed by atoms with E-state index >= 15 is 0 Å². The Morgan fingerprint density at radius 1 is 1.17 bits per heavy atom. The highest BCUT2D eigenvalue weighted by Gasteiger charge is 2.18. The van der Waals surface area contributed by atoms with Crippen LogP contribution in [0.4, 0.5) is 0 Å². The van der Waals surface area contributed by atoms with E-state index in [2.05, 4.69) is 10.3 Å². The number of aromatic nitrogens is 1. The van der Waals surface area contributed by atoms with Crippen LogP contribution < -0.4 is 5.32 Å². The van der Waals surface area contributed by atoms with Gasteiger partial charge >= 0.3 is 0 Å².